The van der Waals surface area contributed by atoms with E-state index in [1.807, 2.05) is 0 Å². The summed E-state index contributed by atoms with van der Waals surface area (Å²) in [5, 5.41) is 6.65. The average molecular weight is 487 g/mol. The number of halogens is 6. The Kier molecular flexibility index (Phi) is 5.78. The molecule has 0 atom stereocenters. The molecule has 146 valence electrons. The van der Waals surface area contributed by atoms with Crippen LogP contribution < -0.4 is 0 Å². The van der Waals surface area contributed by atoms with E-state index in [4.69, 9.17) is 58.0 Å². The molecule has 8 heteroatoms. The maximum atomic E-state index is 13.4. The van der Waals surface area contributed by atoms with Crippen LogP contribution in [0, 0.1) is 5.82 Å². The molecule has 0 spiro atoms. The van der Waals surface area contributed by atoms with Gasteiger partial charge in [-0.05, 0) is 48.5 Å². The zero-order valence-electron chi connectivity index (χ0n) is 14.4. The van der Waals surface area contributed by atoms with Gasteiger partial charge in [-0.2, -0.15) is 5.10 Å². The molecule has 1 heterocycles. The maximum absolute atomic E-state index is 13.4. The molecular formula is C21H10Cl5FN2. The van der Waals surface area contributed by atoms with Crippen molar-refractivity contribution in [1.29, 1.82) is 0 Å². The molecule has 0 aliphatic heterocycles. The summed E-state index contributed by atoms with van der Waals surface area (Å²) in [4.78, 5) is 0. The number of benzene rings is 3. The molecule has 0 aliphatic rings. The molecule has 0 N–H and O–H groups in total. The maximum Gasteiger partial charge on any atom is 0.123 e. The largest absolute Gasteiger partial charge is 0.231 e. The molecule has 2 nitrogen and oxygen atoms in total. The second-order valence-corrected chi connectivity index (χ2v) is 8.16. The number of hydrogen-bond acceptors (Lipinski definition) is 1. The van der Waals surface area contributed by atoms with Gasteiger partial charge in [0.15, 0.2) is 0 Å². The molecule has 0 radical (unpaired) electrons. The first-order chi connectivity index (χ1) is 13.8. The molecule has 1 aromatic heterocycles. The third-order valence-corrected chi connectivity index (χ3v) is 6.12. The van der Waals surface area contributed by atoms with E-state index in [2.05, 4.69) is 5.10 Å². The van der Waals surface area contributed by atoms with Crippen LogP contribution in [0.2, 0.25) is 25.1 Å². The number of hydrogen-bond donors (Lipinski definition) is 0. The van der Waals surface area contributed by atoms with Crippen LogP contribution in [0.5, 0.6) is 0 Å². The Morgan fingerprint density at radius 1 is 0.655 bits per heavy atom. The van der Waals surface area contributed by atoms with E-state index < -0.39 is 0 Å². The van der Waals surface area contributed by atoms with Crippen LogP contribution in [0.15, 0.2) is 60.7 Å². The van der Waals surface area contributed by atoms with E-state index in [0.29, 0.717) is 53.3 Å². The van der Waals surface area contributed by atoms with E-state index in [1.54, 1.807) is 53.2 Å². The fraction of sp³-hybridized carbons (Fsp3) is 0. The van der Waals surface area contributed by atoms with Crippen LogP contribution in [0.3, 0.4) is 0 Å². The summed E-state index contributed by atoms with van der Waals surface area (Å²) in [6, 6.07) is 16.2. The van der Waals surface area contributed by atoms with Gasteiger partial charge in [0, 0.05) is 11.1 Å². The van der Waals surface area contributed by atoms with Crippen molar-refractivity contribution >= 4 is 58.0 Å². The lowest BCUT2D eigenvalue weighted by Gasteiger charge is -2.09. The van der Waals surface area contributed by atoms with Crippen LogP contribution in [0.1, 0.15) is 0 Å². The van der Waals surface area contributed by atoms with Crippen molar-refractivity contribution in [2.45, 2.75) is 0 Å². The molecule has 0 saturated heterocycles. The van der Waals surface area contributed by atoms with Gasteiger partial charge in [0.05, 0.1) is 36.5 Å². The number of rotatable bonds is 3. The van der Waals surface area contributed by atoms with E-state index in [9.17, 15) is 4.39 Å². The summed E-state index contributed by atoms with van der Waals surface area (Å²) in [7, 11) is 0. The number of aromatic nitrogens is 2. The van der Waals surface area contributed by atoms with Gasteiger partial charge in [0.2, 0.25) is 0 Å². The highest BCUT2D eigenvalue weighted by Gasteiger charge is 2.21. The highest BCUT2D eigenvalue weighted by Crippen LogP contribution is 2.40. The molecule has 4 aromatic rings. The summed E-state index contributed by atoms with van der Waals surface area (Å²) >= 11 is 31.2. The van der Waals surface area contributed by atoms with Crippen molar-refractivity contribution in [2.75, 3.05) is 0 Å². The molecule has 0 saturated carbocycles. The fourth-order valence-corrected chi connectivity index (χ4v) is 3.82. The van der Waals surface area contributed by atoms with Crippen molar-refractivity contribution in [1.82, 2.24) is 9.78 Å². The Hall–Kier alpha value is -1.75. The van der Waals surface area contributed by atoms with Gasteiger partial charge in [-0.15, -0.1) is 0 Å². The topological polar surface area (TPSA) is 17.8 Å². The Balaban J connectivity index is 1.98. The quantitative estimate of drug-likeness (QED) is 0.283. The summed E-state index contributed by atoms with van der Waals surface area (Å²) < 4.78 is 15.1. The highest BCUT2D eigenvalue weighted by molar-refractivity contribution is 6.43. The SMILES string of the molecule is Fc1ccc(-n2nc(-c3ccc(Cl)c(Cl)c3)c(Cl)c2-c2ccc(Cl)c(Cl)c2)cc1. The summed E-state index contributed by atoms with van der Waals surface area (Å²) in [5.74, 6) is -0.354. The van der Waals surface area contributed by atoms with Crippen molar-refractivity contribution < 1.29 is 4.39 Å². The van der Waals surface area contributed by atoms with Gasteiger partial charge in [0.1, 0.15) is 11.5 Å². The van der Waals surface area contributed by atoms with Crippen molar-refractivity contribution in [2.24, 2.45) is 0 Å². The standard InChI is InChI=1S/C21H10Cl5FN2/c22-15-7-1-11(9-17(15)24)20-19(26)21(12-2-8-16(23)18(25)10-12)29(28-20)14-5-3-13(27)4-6-14/h1-10H. The molecule has 0 fully saturated rings. The lowest BCUT2D eigenvalue weighted by atomic mass is 10.1. The van der Waals surface area contributed by atoms with E-state index in [-0.39, 0.29) is 5.82 Å². The van der Waals surface area contributed by atoms with Crippen molar-refractivity contribution in [3.63, 3.8) is 0 Å². The first-order valence-corrected chi connectivity index (χ1v) is 10.2. The van der Waals surface area contributed by atoms with E-state index >= 15 is 0 Å². The van der Waals surface area contributed by atoms with E-state index in [0.717, 1.165) is 0 Å². The van der Waals surface area contributed by atoms with Crippen LogP contribution in [0.25, 0.3) is 28.2 Å². The molecule has 29 heavy (non-hydrogen) atoms. The average Bonchev–Trinajstić information content (AvgIpc) is 3.04. The third kappa shape index (κ3) is 3.98. The summed E-state index contributed by atoms with van der Waals surface area (Å²) in [6.45, 7) is 0. The minimum Gasteiger partial charge on any atom is -0.231 e. The van der Waals surface area contributed by atoms with Gasteiger partial charge in [-0.3, -0.25) is 0 Å². The fourth-order valence-electron chi connectivity index (χ4n) is 2.89. The molecule has 0 amide bonds. The second-order valence-electron chi connectivity index (χ2n) is 6.16. The third-order valence-electron chi connectivity index (χ3n) is 4.28. The Morgan fingerprint density at radius 3 is 1.79 bits per heavy atom. The zero-order valence-corrected chi connectivity index (χ0v) is 18.2. The van der Waals surface area contributed by atoms with Crippen LogP contribution in [-0.4, -0.2) is 9.78 Å². The first-order valence-electron chi connectivity index (χ1n) is 8.30. The van der Waals surface area contributed by atoms with Gasteiger partial charge >= 0.3 is 0 Å². The minimum absolute atomic E-state index is 0.354. The Bertz CT molecular complexity index is 1220. The zero-order chi connectivity index (χ0) is 20.7. The van der Waals surface area contributed by atoms with Crippen LogP contribution in [0.4, 0.5) is 4.39 Å². The van der Waals surface area contributed by atoms with Gasteiger partial charge < -0.3 is 0 Å². The normalized spacial score (nSPS) is 11.1. The molecule has 3 aromatic carbocycles. The van der Waals surface area contributed by atoms with Crippen LogP contribution in [-0.2, 0) is 0 Å². The Morgan fingerprint density at radius 2 is 1.21 bits per heavy atom. The van der Waals surface area contributed by atoms with Crippen LogP contribution >= 0.6 is 58.0 Å². The predicted molar refractivity (Wildman–Crippen MR) is 119 cm³/mol. The minimum atomic E-state index is -0.354. The number of nitrogens with zero attached hydrogens (tertiary/aromatic N) is 2. The van der Waals surface area contributed by atoms with Gasteiger partial charge in [0.25, 0.3) is 0 Å². The lowest BCUT2D eigenvalue weighted by molar-refractivity contribution is 0.627. The smallest absolute Gasteiger partial charge is 0.123 e. The van der Waals surface area contributed by atoms with Crippen molar-refractivity contribution in [3.05, 3.63) is 91.6 Å². The first kappa shape index (κ1) is 20.5. The molecule has 4 rings (SSSR count). The molecule has 0 bridgehead atoms. The molecule has 0 aliphatic carbocycles. The van der Waals surface area contributed by atoms with Gasteiger partial charge in [-0.1, -0.05) is 70.1 Å². The summed E-state index contributed by atoms with van der Waals surface area (Å²) in [5.41, 5.74) is 3.09. The second kappa shape index (κ2) is 8.17. The van der Waals surface area contributed by atoms with Gasteiger partial charge in [-0.25, -0.2) is 9.07 Å². The van der Waals surface area contributed by atoms with E-state index in [1.165, 1.54) is 12.1 Å². The lowest BCUT2D eigenvalue weighted by Crippen LogP contribution is -1.99. The monoisotopic (exact) mass is 484 g/mol. The molecule has 0 unspecified atom stereocenters. The molecular weight excluding hydrogens is 477 g/mol. The van der Waals surface area contributed by atoms with Crippen molar-refractivity contribution in [3.8, 4) is 28.2 Å². The summed E-state index contributed by atoms with van der Waals surface area (Å²) in [6.07, 6.45) is 0. The Labute approximate surface area is 191 Å². The highest BCUT2D eigenvalue weighted by atomic mass is 35.5. The predicted octanol–water partition coefficient (Wildman–Crippen LogP) is 8.61.